The SMILES string of the molecule is CN(C)c1ccc(Cn2nccc2NC(=O)C2CCN(C(=O)OC(C)(C)C)CC2)cc1. The van der Waals surface area contributed by atoms with Gasteiger partial charge in [-0.2, -0.15) is 5.10 Å². The number of carbonyl (C=O) groups excluding carboxylic acids is 2. The highest BCUT2D eigenvalue weighted by molar-refractivity contribution is 5.92. The zero-order valence-electron chi connectivity index (χ0n) is 19.1. The average Bonchev–Trinajstić information content (AvgIpc) is 3.13. The summed E-state index contributed by atoms with van der Waals surface area (Å²) in [6.45, 7) is 7.17. The summed E-state index contributed by atoms with van der Waals surface area (Å²) in [5, 5.41) is 7.37. The number of likely N-dealkylation sites (tertiary alicyclic amines) is 1. The highest BCUT2D eigenvalue weighted by atomic mass is 16.6. The summed E-state index contributed by atoms with van der Waals surface area (Å²) < 4.78 is 7.21. The zero-order chi connectivity index (χ0) is 22.6. The fourth-order valence-corrected chi connectivity index (χ4v) is 3.52. The molecule has 1 aromatic heterocycles. The van der Waals surface area contributed by atoms with Gasteiger partial charge in [0.25, 0.3) is 0 Å². The molecule has 2 heterocycles. The summed E-state index contributed by atoms with van der Waals surface area (Å²) in [5.41, 5.74) is 1.72. The number of piperidine rings is 1. The van der Waals surface area contributed by atoms with E-state index in [1.54, 1.807) is 15.8 Å². The molecule has 0 unspecified atom stereocenters. The third-order valence-corrected chi connectivity index (χ3v) is 5.27. The van der Waals surface area contributed by atoms with Crippen molar-refractivity contribution in [2.45, 2.75) is 45.8 Å². The predicted octanol–water partition coefficient (Wildman–Crippen LogP) is 3.58. The number of nitrogens with one attached hydrogen (secondary N) is 1. The lowest BCUT2D eigenvalue weighted by Crippen LogP contribution is -2.43. The maximum atomic E-state index is 12.8. The lowest BCUT2D eigenvalue weighted by molar-refractivity contribution is -0.121. The van der Waals surface area contributed by atoms with E-state index in [1.165, 1.54) is 0 Å². The van der Waals surface area contributed by atoms with Crippen molar-refractivity contribution in [2.75, 3.05) is 37.4 Å². The molecule has 2 aromatic rings. The number of hydrogen-bond donors (Lipinski definition) is 1. The van der Waals surface area contributed by atoms with Gasteiger partial charge in [-0.15, -0.1) is 0 Å². The molecular weight excluding hydrogens is 394 g/mol. The van der Waals surface area contributed by atoms with E-state index >= 15 is 0 Å². The molecule has 1 aliphatic heterocycles. The topological polar surface area (TPSA) is 79.7 Å². The van der Waals surface area contributed by atoms with Crippen molar-refractivity contribution in [1.82, 2.24) is 14.7 Å². The smallest absolute Gasteiger partial charge is 0.410 e. The minimum atomic E-state index is -0.517. The Balaban J connectivity index is 1.54. The molecule has 1 fully saturated rings. The van der Waals surface area contributed by atoms with Crippen LogP contribution in [0.15, 0.2) is 36.5 Å². The molecule has 3 rings (SSSR count). The quantitative estimate of drug-likeness (QED) is 0.789. The number of rotatable bonds is 5. The van der Waals surface area contributed by atoms with Crippen LogP contribution in [-0.4, -0.2) is 59.5 Å². The van der Waals surface area contributed by atoms with Crippen molar-refractivity contribution in [3.63, 3.8) is 0 Å². The van der Waals surface area contributed by atoms with Crippen molar-refractivity contribution in [1.29, 1.82) is 0 Å². The lowest BCUT2D eigenvalue weighted by atomic mass is 9.96. The molecule has 2 amide bonds. The number of carbonyl (C=O) groups is 2. The summed E-state index contributed by atoms with van der Waals surface area (Å²) >= 11 is 0. The van der Waals surface area contributed by atoms with Crippen molar-refractivity contribution < 1.29 is 14.3 Å². The maximum Gasteiger partial charge on any atom is 0.410 e. The van der Waals surface area contributed by atoms with Gasteiger partial charge in [-0.3, -0.25) is 4.79 Å². The van der Waals surface area contributed by atoms with Crippen LogP contribution in [0.1, 0.15) is 39.2 Å². The van der Waals surface area contributed by atoms with Gasteiger partial charge in [0.15, 0.2) is 0 Å². The van der Waals surface area contributed by atoms with Crippen LogP contribution in [0.2, 0.25) is 0 Å². The van der Waals surface area contributed by atoms with Crippen LogP contribution in [0.4, 0.5) is 16.3 Å². The summed E-state index contributed by atoms with van der Waals surface area (Å²) in [6.07, 6.45) is 2.61. The highest BCUT2D eigenvalue weighted by Crippen LogP contribution is 2.22. The van der Waals surface area contributed by atoms with E-state index in [2.05, 4.69) is 39.6 Å². The standard InChI is InChI=1S/C23H33N5O3/c1-23(2,3)31-22(30)27-14-11-18(12-15-27)21(29)25-20-10-13-24-28(20)16-17-6-8-19(9-7-17)26(4)5/h6-10,13,18H,11-12,14-16H2,1-5H3,(H,25,29). The van der Waals surface area contributed by atoms with E-state index < -0.39 is 5.60 Å². The normalized spacial score (nSPS) is 14.9. The lowest BCUT2D eigenvalue weighted by Gasteiger charge is -2.32. The van der Waals surface area contributed by atoms with Gasteiger partial charge in [0, 0.05) is 44.9 Å². The van der Waals surface area contributed by atoms with Crippen LogP contribution in [0.3, 0.4) is 0 Å². The van der Waals surface area contributed by atoms with E-state index in [0.717, 1.165) is 11.3 Å². The molecule has 8 nitrogen and oxygen atoms in total. The minimum Gasteiger partial charge on any atom is -0.444 e. The van der Waals surface area contributed by atoms with Gasteiger partial charge in [-0.05, 0) is 51.3 Å². The van der Waals surface area contributed by atoms with Crippen LogP contribution >= 0.6 is 0 Å². The number of benzene rings is 1. The number of aromatic nitrogens is 2. The van der Waals surface area contributed by atoms with E-state index in [-0.39, 0.29) is 17.9 Å². The molecule has 1 N–H and O–H groups in total. The molecule has 0 radical (unpaired) electrons. The molecule has 0 spiro atoms. The Bertz CT molecular complexity index is 891. The Hall–Kier alpha value is -3.03. The van der Waals surface area contributed by atoms with Crippen LogP contribution in [-0.2, 0) is 16.1 Å². The molecule has 1 aromatic carbocycles. The zero-order valence-corrected chi connectivity index (χ0v) is 19.1. The van der Waals surface area contributed by atoms with E-state index in [4.69, 9.17) is 4.74 Å². The highest BCUT2D eigenvalue weighted by Gasteiger charge is 2.30. The third-order valence-electron chi connectivity index (χ3n) is 5.27. The van der Waals surface area contributed by atoms with Gasteiger partial charge in [-0.1, -0.05) is 12.1 Å². The van der Waals surface area contributed by atoms with Gasteiger partial charge in [0.2, 0.25) is 5.91 Å². The molecular formula is C23H33N5O3. The minimum absolute atomic E-state index is 0.0338. The second-order valence-corrected chi connectivity index (χ2v) is 9.17. The van der Waals surface area contributed by atoms with Gasteiger partial charge in [0.1, 0.15) is 11.4 Å². The first-order valence-corrected chi connectivity index (χ1v) is 10.7. The fourth-order valence-electron chi connectivity index (χ4n) is 3.52. The second-order valence-electron chi connectivity index (χ2n) is 9.17. The fraction of sp³-hybridized carbons (Fsp3) is 0.522. The number of nitrogens with zero attached hydrogens (tertiary/aromatic N) is 4. The summed E-state index contributed by atoms with van der Waals surface area (Å²) in [7, 11) is 4.02. The summed E-state index contributed by atoms with van der Waals surface area (Å²) in [4.78, 5) is 28.7. The first-order chi connectivity index (χ1) is 14.6. The Morgan fingerprint density at radius 2 is 1.77 bits per heavy atom. The Labute approximate surface area is 184 Å². The van der Waals surface area contributed by atoms with Gasteiger partial charge >= 0.3 is 6.09 Å². The average molecular weight is 428 g/mol. The van der Waals surface area contributed by atoms with Crippen LogP contribution < -0.4 is 10.2 Å². The molecule has 1 saturated heterocycles. The number of amides is 2. The molecule has 0 bridgehead atoms. The molecule has 8 heteroatoms. The van der Waals surface area contributed by atoms with Crippen molar-refractivity contribution in [3.8, 4) is 0 Å². The number of hydrogen-bond acceptors (Lipinski definition) is 5. The van der Waals surface area contributed by atoms with Gasteiger partial charge in [-0.25, -0.2) is 9.48 Å². The molecule has 0 atom stereocenters. The van der Waals surface area contributed by atoms with E-state index in [0.29, 0.717) is 38.3 Å². The predicted molar refractivity (Wildman–Crippen MR) is 121 cm³/mol. The Morgan fingerprint density at radius 1 is 1.13 bits per heavy atom. The molecule has 31 heavy (non-hydrogen) atoms. The van der Waals surface area contributed by atoms with Crippen molar-refractivity contribution in [2.24, 2.45) is 5.92 Å². The Morgan fingerprint density at radius 3 is 2.35 bits per heavy atom. The summed E-state index contributed by atoms with van der Waals surface area (Å²) in [6, 6.07) is 10.1. The monoisotopic (exact) mass is 427 g/mol. The number of anilines is 2. The first kappa shape index (κ1) is 22.7. The van der Waals surface area contributed by atoms with Crippen LogP contribution in [0.25, 0.3) is 0 Å². The van der Waals surface area contributed by atoms with E-state index in [9.17, 15) is 9.59 Å². The molecule has 0 aliphatic carbocycles. The summed E-state index contributed by atoms with van der Waals surface area (Å²) in [5.74, 6) is 0.506. The number of ether oxygens (including phenoxy) is 1. The Kier molecular flexibility index (Phi) is 6.87. The maximum absolute atomic E-state index is 12.8. The molecule has 0 saturated carbocycles. The second kappa shape index (κ2) is 9.41. The van der Waals surface area contributed by atoms with Gasteiger partial charge in [0.05, 0.1) is 12.7 Å². The van der Waals surface area contributed by atoms with Gasteiger partial charge < -0.3 is 19.9 Å². The van der Waals surface area contributed by atoms with Crippen LogP contribution in [0.5, 0.6) is 0 Å². The van der Waals surface area contributed by atoms with Crippen LogP contribution in [0, 0.1) is 5.92 Å². The molecule has 168 valence electrons. The van der Waals surface area contributed by atoms with E-state index in [1.807, 2.05) is 40.9 Å². The van der Waals surface area contributed by atoms with Crippen molar-refractivity contribution in [3.05, 3.63) is 42.1 Å². The van der Waals surface area contributed by atoms with Crippen molar-refractivity contribution >= 4 is 23.5 Å². The third kappa shape index (κ3) is 6.23. The molecule has 1 aliphatic rings. The largest absolute Gasteiger partial charge is 0.444 e. The first-order valence-electron chi connectivity index (χ1n) is 10.7.